The van der Waals surface area contributed by atoms with E-state index in [1.807, 2.05) is 18.5 Å². The van der Waals surface area contributed by atoms with Gasteiger partial charge >= 0.3 is 0 Å². The number of hydrogen-bond donors (Lipinski definition) is 1. The molecule has 0 saturated heterocycles. The lowest BCUT2D eigenvalue weighted by Gasteiger charge is -2.20. The van der Waals surface area contributed by atoms with Gasteiger partial charge < -0.3 is 9.73 Å². The molecular formula is C16H24BrN3O. The molecule has 0 radical (unpaired) electrons. The lowest BCUT2D eigenvalue weighted by atomic mass is 10.1. The fourth-order valence-electron chi connectivity index (χ4n) is 2.18. The molecule has 2 aromatic rings. The summed E-state index contributed by atoms with van der Waals surface area (Å²) in [6.07, 6.45) is 0. The first-order valence-corrected chi connectivity index (χ1v) is 7.99. The van der Waals surface area contributed by atoms with Crippen molar-refractivity contribution in [1.82, 2.24) is 15.1 Å². The van der Waals surface area contributed by atoms with Gasteiger partial charge in [-0.2, -0.15) is 5.10 Å². The van der Waals surface area contributed by atoms with Crippen molar-refractivity contribution in [3.63, 3.8) is 0 Å². The molecule has 116 valence electrons. The largest absolute Gasteiger partial charge is 0.464 e. The highest BCUT2D eigenvalue weighted by Crippen LogP contribution is 2.22. The number of nitrogens with one attached hydrogen (secondary N) is 1. The molecule has 2 aromatic heterocycles. The summed E-state index contributed by atoms with van der Waals surface area (Å²) in [4.78, 5) is 0. The van der Waals surface area contributed by atoms with Crippen LogP contribution in [0.4, 0.5) is 0 Å². The average Bonchev–Trinajstić information content (AvgIpc) is 2.83. The number of aromatic nitrogens is 2. The standard InChI is InChI=1S/C16H24BrN3O/c1-10-15(17)11(2)20(19-10)9-14-7-13(12(3)21-14)8-18-16(4,5)6/h7,18H,8-9H2,1-6H3. The molecule has 0 aromatic carbocycles. The van der Waals surface area contributed by atoms with Gasteiger partial charge in [0, 0.05) is 17.6 Å². The van der Waals surface area contributed by atoms with E-state index in [0.29, 0.717) is 6.54 Å². The maximum atomic E-state index is 5.87. The molecule has 5 heteroatoms. The van der Waals surface area contributed by atoms with E-state index in [-0.39, 0.29) is 5.54 Å². The van der Waals surface area contributed by atoms with E-state index in [1.54, 1.807) is 0 Å². The second kappa shape index (κ2) is 5.97. The summed E-state index contributed by atoms with van der Waals surface area (Å²) in [5.74, 6) is 1.92. The average molecular weight is 354 g/mol. The molecule has 0 fully saturated rings. The van der Waals surface area contributed by atoms with Crippen LogP contribution in [0.15, 0.2) is 15.0 Å². The van der Waals surface area contributed by atoms with Gasteiger partial charge in [-0.25, -0.2) is 0 Å². The summed E-state index contributed by atoms with van der Waals surface area (Å²) in [7, 11) is 0. The number of halogens is 1. The van der Waals surface area contributed by atoms with E-state index in [9.17, 15) is 0 Å². The van der Waals surface area contributed by atoms with E-state index < -0.39 is 0 Å². The van der Waals surface area contributed by atoms with Crippen molar-refractivity contribution in [3.05, 3.63) is 39.0 Å². The van der Waals surface area contributed by atoms with Crippen LogP contribution in [0.3, 0.4) is 0 Å². The number of furan rings is 1. The Morgan fingerprint density at radius 1 is 1.29 bits per heavy atom. The molecule has 2 heterocycles. The Balaban J connectivity index is 2.13. The van der Waals surface area contributed by atoms with Crippen LogP contribution in [0.2, 0.25) is 0 Å². The fourth-order valence-corrected chi connectivity index (χ4v) is 2.46. The molecule has 0 amide bonds. The van der Waals surface area contributed by atoms with Crippen LogP contribution in [-0.4, -0.2) is 15.3 Å². The Morgan fingerprint density at radius 2 is 1.95 bits per heavy atom. The van der Waals surface area contributed by atoms with Gasteiger partial charge in [0.05, 0.1) is 22.4 Å². The lowest BCUT2D eigenvalue weighted by Crippen LogP contribution is -2.35. The van der Waals surface area contributed by atoms with Crippen LogP contribution in [-0.2, 0) is 13.1 Å². The van der Waals surface area contributed by atoms with Crippen LogP contribution in [0, 0.1) is 20.8 Å². The monoisotopic (exact) mass is 353 g/mol. The van der Waals surface area contributed by atoms with Crippen LogP contribution in [0.5, 0.6) is 0 Å². The molecular weight excluding hydrogens is 330 g/mol. The van der Waals surface area contributed by atoms with Crippen LogP contribution >= 0.6 is 15.9 Å². The zero-order valence-electron chi connectivity index (χ0n) is 13.7. The first kappa shape index (κ1) is 16.3. The third-order valence-corrected chi connectivity index (χ3v) is 4.63. The molecule has 2 rings (SSSR count). The van der Waals surface area contributed by atoms with Gasteiger partial charge in [0.25, 0.3) is 0 Å². The second-order valence-corrected chi connectivity index (χ2v) is 7.33. The lowest BCUT2D eigenvalue weighted by molar-refractivity contribution is 0.418. The van der Waals surface area contributed by atoms with Gasteiger partial charge in [0.2, 0.25) is 0 Å². The van der Waals surface area contributed by atoms with Crippen molar-refractivity contribution < 1.29 is 4.42 Å². The van der Waals surface area contributed by atoms with Crippen molar-refractivity contribution in [2.75, 3.05) is 0 Å². The minimum atomic E-state index is 0.102. The fraction of sp³-hybridized carbons (Fsp3) is 0.562. The Bertz CT molecular complexity index is 635. The summed E-state index contributed by atoms with van der Waals surface area (Å²) in [6.45, 7) is 14.0. The number of hydrogen-bond acceptors (Lipinski definition) is 3. The summed E-state index contributed by atoms with van der Waals surface area (Å²) in [5.41, 5.74) is 3.44. The Kier molecular flexibility index (Phi) is 4.63. The molecule has 1 N–H and O–H groups in total. The highest BCUT2D eigenvalue weighted by Gasteiger charge is 2.14. The molecule has 0 bridgehead atoms. The minimum Gasteiger partial charge on any atom is -0.464 e. The SMILES string of the molecule is Cc1nn(Cc2cc(CNC(C)(C)C)c(C)o2)c(C)c1Br. The smallest absolute Gasteiger partial charge is 0.125 e. The Morgan fingerprint density at radius 3 is 2.48 bits per heavy atom. The highest BCUT2D eigenvalue weighted by molar-refractivity contribution is 9.10. The zero-order valence-corrected chi connectivity index (χ0v) is 15.3. The van der Waals surface area contributed by atoms with E-state index in [2.05, 4.69) is 60.1 Å². The third-order valence-electron chi connectivity index (χ3n) is 3.48. The topological polar surface area (TPSA) is 43.0 Å². The van der Waals surface area contributed by atoms with Gasteiger partial charge in [0.1, 0.15) is 11.5 Å². The molecule has 0 aliphatic carbocycles. The van der Waals surface area contributed by atoms with Crippen LogP contribution in [0.25, 0.3) is 0 Å². The first-order chi connectivity index (χ1) is 9.67. The van der Waals surface area contributed by atoms with Crippen LogP contribution < -0.4 is 5.32 Å². The molecule has 0 saturated carbocycles. The molecule has 0 aliphatic rings. The van der Waals surface area contributed by atoms with E-state index in [0.717, 1.165) is 33.9 Å². The Labute approximate surface area is 135 Å². The van der Waals surface area contributed by atoms with Gasteiger partial charge in [-0.05, 0) is 63.5 Å². The molecule has 4 nitrogen and oxygen atoms in total. The summed E-state index contributed by atoms with van der Waals surface area (Å²) in [6, 6.07) is 2.12. The third kappa shape index (κ3) is 3.98. The molecule has 0 unspecified atom stereocenters. The van der Waals surface area contributed by atoms with E-state index in [1.165, 1.54) is 5.56 Å². The summed E-state index contributed by atoms with van der Waals surface area (Å²) >= 11 is 3.56. The quantitative estimate of drug-likeness (QED) is 0.899. The van der Waals surface area contributed by atoms with Gasteiger partial charge in [-0.1, -0.05) is 0 Å². The molecule has 21 heavy (non-hydrogen) atoms. The second-order valence-electron chi connectivity index (χ2n) is 6.54. The Hall–Kier alpha value is -1.07. The highest BCUT2D eigenvalue weighted by atomic mass is 79.9. The van der Waals surface area contributed by atoms with Crippen molar-refractivity contribution in [2.45, 2.75) is 60.2 Å². The van der Waals surface area contributed by atoms with Crippen molar-refractivity contribution in [2.24, 2.45) is 0 Å². The van der Waals surface area contributed by atoms with Crippen LogP contribution in [0.1, 0.15) is 49.2 Å². The van der Waals surface area contributed by atoms with E-state index in [4.69, 9.17) is 4.42 Å². The molecule has 0 aliphatic heterocycles. The van der Waals surface area contributed by atoms with Crippen molar-refractivity contribution in [3.8, 4) is 0 Å². The van der Waals surface area contributed by atoms with E-state index >= 15 is 0 Å². The number of rotatable bonds is 4. The van der Waals surface area contributed by atoms with Gasteiger partial charge in [-0.3, -0.25) is 4.68 Å². The van der Waals surface area contributed by atoms with Crippen molar-refractivity contribution >= 4 is 15.9 Å². The predicted octanol–water partition coefficient (Wildman–Crippen LogP) is 4.10. The predicted molar refractivity (Wildman–Crippen MR) is 88.5 cm³/mol. The molecule has 0 atom stereocenters. The summed E-state index contributed by atoms with van der Waals surface area (Å²) in [5, 5.41) is 8.01. The zero-order chi connectivity index (χ0) is 15.8. The maximum Gasteiger partial charge on any atom is 0.125 e. The number of nitrogens with zero attached hydrogens (tertiary/aromatic N) is 2. The minimum absolute atomic E-state index is 0.102. The normalized spacial score (nSPS) is 12.1. The number of aryl methyl sites for hydroxylation is 2. The summed E-state index contributed by atoms with van der Waals surface area (Å²) < 4.78 is 8.91. The van der Waals surface area contributed by atoms with Gasteiger partial charge in [0.15, 0.2) is 0 Å². The molecule has 0 spiro atoms. The maximum absolute atomic E-state index is 5.87. The first-order valence-electron chi connectivity index (χ1n) is 7.20. The van der Waals surface area contributed by atoms with Crippen molar-refractivity contribution in [1.29, 1.82) is 0 Å². The van der Waals surface area contributed by atoms with Gasteiger partial charge in [-0.15, -0.1) is 0 Å².